The molecule has 0 fully saturated rings. The van der Waals surface area contributed by atoms with Crippen LogP contribution in [-0.2, 0) is 9.59 Å². The molecule has 0 aliphatic carbocycles. The van der Waals surface area contributed by atoms with Crippen molar-refractivity contribution in [3.63, 3.8) is 0 Å². The number of carbonyl (C=O) groups is 2. The van der Waals surface area contributed by atoms with E-state index in [0.29, 0.717) is 6.54 Å². The SMILES string of the molecule is C.CCCCCCCCCCCCCCNC(=O)CN(C)C(=O)CNC. The van der Waals surface area contributed by atoms with E-state index in [1.165, 1.54) is 75.5 Å². The van der Waals surface area contributed by atoms with Gasteiger partial charge in [0.1, 0.15) is 0 Å². The zero-order valence-corrected chi connectivity index (χ0v) is 16.9. The number of unbranched alkanes of at least 4 members (excludes halogenated alkanes) is 11. The molecule has 0 spiro atoms. The molecule has 0 bridgehead atoms. The predicted octanol–water partition coefficient (Wildman–Crippen LogP) is 4.12. The van der Waals surface area contributed by atoms with Crippen molar-refractivity contribution in [2.24, 2.45) is 0 Å². The molecule has 5 heteroatoms. The number of nitrogens with one attached hydrogen (secondary N) is 2. The zero-order chi connectivity index (χ0) is 18.8. The van der Waals surface area contributed by atoms with E-state index < -0.39 is 0 Å². The van der Waals surface area contributed by atoms with Gasteiger partial charge in [0.25, 0.3) is 0 Å². The molecule has 0 radical (unpaired) electrons. The van der Waals surface area contributed by atoms with Crippen LogP contribution in [0.25, 0.3) is 0 Å². The lowest BCUT2D eigenvalue weighted by Crippen LogP contribution is -2.41. The Balaban J connectivity index is 0. The molecule has 0 aromatic heterocycles. The summed E-state index contributed by atoms with van der Waals surface area (Å²) in [6, 6.07) is 0. The van der Waals surface area contributed by atoms with Gasteiger partial charge in [0.05, 0.1) is 13.1 Å². The Bertz CT molecular complexity index is 335. The van der Waals surface area contributed by atoms with E-state index in [-0.39, 0.29) is 32.3 Å². The third-order valence-corrected chi connectivity index (χ3v) is 4.49. The van der Waals surface area contributed by atoms with E-state index >= 15 is 0 Å². The minimum absolute atomic E-state index is 0. The minimum Gasteiger partial charge on any atom is -0.355 e. The molecule has 0 aromatic rings. The number of hydrogen-bond acceptors (Lipinski definition) is 3. The van der Waals surface area contributed by atoms with Gasteiger partial charge in [0.2, 0.25) is 11.8 Å². The van der Waals surface area contributed by atoms with Crippen LogP contribution in [0.5, 0.6) is 0 Å². The van der Waals surface area contributed by atoms with Gasteiger partial charge in [0.15, 0.2) is 0 Å². The van der Waals surface area contributed by atoms with E-state index in [9.17, 15) is 9.59 Å². The van der Waals surface area contributed by atoms with Crippen LogP contribution in [0.3, 0.4) is 0 Å². The van der Waals surface area contributed by atoms with Crippen LogP contribution in [-0.4, -0.2) is 50.4 Å². The van der Waals surface area contributed by atoms with Gasteiger partial charge in [-0.2, -0.15) is 0 Å². The summed E-state index contributed by atoms with van der Waals surface area (Å²) in [6.45, 7) is 3.38. The molecule has 0 atom stereocenters. The third kappa shape index (κ3) is 17.7. The Morgan fingerprint density at radius 1 is 0.808 bits per heavy atom. The van der Waals surface area contributed by atoms with Crippen molar-refractivity contribution in [1.82, 2.24) is 15.5 Å². The Hall–Kier alpha value is -1.10. The lowest BCUT2D eigenvalue weighted by atomic mass is 10.1. The first-order valence-electron chi connectivity index (χ1n) is 10.3. The van der Waals surface area contributed by atoms with Crippen molar-refractivity contribution in [2.75, 3.05) is 33.7 Å². The van der Waals surface area contributed by atoms with Gasteiger partial charge in [-0.05, 0) is 13.5 Å². The molecule has 156 valence electrons. The van der Waals surface area contributed by atoms with E-state index in [0.717, 1.165) is 6.42 Å². The van der Waals surface area contributed by atoms with E-state index in [1.807, 2.05) is 0 Å². The minimum atomic E-state index is -0.0740. The number of likely N-dealkylation sites (N-methyl/N-ethyl adjacent to an activating group) is 2. The van der Waals surface area contributed by atoms with Crippen LogP contribution < -0.4 is 10.6 Å². The van der Waals surface area contributed by atoms with Gasteiger partial charge in [-0.25, -0.2) is 0 Å². The number of rotatable bonds is 17. The quantitative estimate of drug-likeness (QED) is 0.378. The summed E-state index contributed by atoms with van der Waals surface area (Å²) in [5, 5.41) is 5.69. The Labute approximate surface area is 162 Å². The normalized spacial score (nSPS) is 10.3. The standard InChI is InChI=1S/C20H41N3O2.CH4/c1-4-5-6-7-8-9-10-11-12-13-14-15-16-22-19(24)18-23(3)20(25)17-21-2;/h21H,4-18H2,1-3H3,(H,22,24);1H4. The average Bonchev–Trinajstić information content (AvgIpc) is 2.59. The monoisotopic (exact) mass is 371 g/mol. The molecule has 0 unspecified atom stereocenters. The second kappa shape index (κ2) is 20.2. The van der Waals surface area contributed by atoms with E-state index in [1.54, 1.807) is 14.1 Å². The van der Waals surface area contributed by atoms with Crippen molar-refractivity contribution in [2.45, 2.75) is 91.4 Å². The highest BCUT2D eigenvalue weighted by Gasteiger charge is 2.11. The molecule has 0 aliphatic heterocycles. The molecule has 2 amide bonds. The van der Waals surface area contributed by atoms with Crippen molar-refractivity contribution in [3.8, 4) is 0 Å². The first kappa shape index (κ1) is 27.1. The highest BCUT2D eigenvalue weighted by molar-refractivity contribution is 5.85. The van der Waals surface area contributed by atoms with Crippen molar-refractivity contribution < 1.29 is 9.59 Å². The van der Waals surface area contributed by atoms with Crippen LogP contribution in [0.15, 0.2) is 0 Å². The second-order valence-corrected chi connectivity index (χ2v) is 7.02. The summed E-state index contributed by atoms with van der Waals surface area (Å²) >= 11 is 0. The van der Waals surface area contributed by atoms with Gasteiger partial charge in [0, 0.05) is 13.6 Å². The summed E-state index contributed by atoms with van der Waals surface area (Å²) in [4.78, 5) is 24.7. The maximum absolute atomic E-state index is 11.7. The zero-order valence-electron chi connectivity index (χ0n) is 16.9. The summed E-state index contributed by atoms with van der Waals surface area (Å²) in [5.74, 6) is -0.141. The summed E-state index contributed by atoms with van der Waals surface area (Å²) < 4.78 is 0. The smallest absolute Gasteiger partial charge is 0.239 e. The molecule has 0 saturated heterocycles. The van der Waals surface area contributed by atoms with Gasteiger partial charge < -0.3 is 15.5 Å². The van der Waals surface area contributed by atoms with E-state index in [2.05, 4.69) is 17.6 Å². The number of carbonyl (C=O) groups excluding carboxylic acids is 2. The first-order chi connectivity index (χ1) is 12.1. The molecule has 0 aromatic carbocycles. The Morgan fingerprint density at radius 3 is 1.73 bits per heavy atom. The number of hydrogen-bond donors (Lipinski definition) is 2. The molecule has 5 nitrogen and oxygen atoms in total. The topological polar surface area (TPSA) is 61.4 Å². The van der Waals surface area contributed by atoms with Crippen molar-refractivity contribution in [3.05, 3.63) is 0 Å². The first-order valence-corrected chi connectivity index (χ1v) is 10.3. The summed E-state index contributed by atoms with van der Waals surface area (Å²) in [5.41, 5.74) is 0. The molecule has 0 heterocycles. The van der Waals surface area contributed by atoms with Crippen LogP contribution in [0.1, 0.15) is 91.4 Å². The van der Waals surface area contributed by atoms with Gasteiger partial charge >= 0.3 is 0 Å². The predicted molar refractivity (Wildman–Crippen MR) is 112 cm³/mol. The molecular weight excluding hydrogens is 326 g/mol. The fraction of sp³-hybridized carbons (Fsp3) is 0.905. The van der Waals surface area contributed by atoms with Crippen molar-refractivity contribution >= 4 is 11.8 Å². The van der Waals surface area contributed by atoms with Gasteiger partial charge in [-0.1, -0.05) is 85.0 Å². The van der Waals surface area contributed by atoms with Crippen LogP contribution in [0.4, 0.5) is 0 Å². The van der Waals surface area contributed by atoms with Gasteiger partial charge in [-0.3, -0.25) is 9.59 Å². The lowest BCUT2D eigenvalue weighted by molar-refractivity contribution is -0.133. The maximum Gasteiger partial charge on any atom is 0.239 e. The largest absolute Gasteiger partial charge is 0.355 e. The second-order valence-electron chi connectivity index (χ2n) is 7.02. The summed E-state index contributed by atoms with van der Waals surface area (Å²) in [7, 11) is 3.38. The Morgan fingerprint density at radius 2 is 1.27 bits per heavy atom. The molecule has 0 saturated carbocycles. The number of amides is 2. The molecule has 0 aliphatic rings. The fourth-order valence-electron chi connectivity index (χ4n) is 2.84. The lowest BCUT2D eigenvalue weighted by Gasteiger charge is -2.16. The highest BCUT2D eigenvalue weighted by Crippen LogP contribution is 2.11. The molecule has 0 rings (SSSR count). The maximum atomic E-state index is 11.7. The molecule has 2 N–H and O–H groups in total. The molecular formula is C21H45N3O2. The highest BCUT2D eigenvalue weighted by atomic mass is 16.2. The van der Waals surface area contributed by atoms with Crippen LogP contribution in [0.2, 0.25) is 0 Å². The van der Waals surface area contributed by atoms with Crippen molar-refractivity contribution in [1.29, 1.82) is 0 Å². The Kier molecular flexibility index (Phi) is 21.1. The average molecular weight is 372 g/mol. The van der Waals surface area contributed by atoms with Gasteiger partial charge in [-0.15, -0.1) is 0 Å². The number of nitrogens with zero attached hydrogens (tertiary/aromatic N) is 1. The third-order valence-electron chi connectivity index (χ3n) is 4.49. The summed E-state index contributed by atoms with van der Waals surface area (Å²) in [6.07, 6.45) is 15.8. The fourth-order valence-corrected chi connectivity index (χ4v) is 2.84. The van der Waals surface area contributed by atoms with Crippen LogP contribution in [0, 0.1) is 0 Å². The van der Waals surface area contributed by atoms with E-state index in [4.69, 9.17) is 0 Å². The molecule has 26 heavy (non-hydrogen) atoms. The van der Waals surface area contributed by atoms with Crippen LogP contribution >= 0.6 is 0 Å².